The van der Waals surface area contributed by atoms with E-state index in [1.165, 1.54) is 12.0 Å². The first kappa shape index (κ1) is 14.9. The fraction of sp³-hybridized carbons (Fsp3) is 0.562. The minimum atomic E-state index is 0.157. The molecule has 1 unspecified atom stereocenters. The van der Waals surface area contributed by atoms with Gasteiger partial charge in [0.25, 0.3) is 0 Å². The van der Waals surface area contributed by atoms with Crippen molar-refractivity contribution in [3.8, 4) is 0 Å². The van der Waals surface area contributed by atoms with E-state index in [1.807, 2.05) is 12.1 Å². The lowest BCUT2D eigenvalue weighted by molar-refractivity contribution is 0.193. The quantitative estimate of drug-likeness (QED) is 0.654. The maximum atomic E-state index is 7.74. The van der Waals surface area contributed by atoms with Crippen LogP contribution in [0, 0.1) is 12.3 Å². The van der Waals surface area contributed by atoms with Crippen LogP contribution >= 0.6 is 0 Å². The molecular formula is C16H26N4. The molecule has 1 fully saturated rings. The van der Waals surface area contributed by atoms with Gasteiger partial charge in [-0.25, -0.2) is 0 Å². The topological polar surface area (TPSA) is 56.4 Å². The summed E-state index contributed by atoms with van der Waals surface area (Å²) in [5.41, 5.74) is 8.90. The van der Waals surface area contributed by atoms with Crippen molar-refractivity contribution in [2.45, 2.75) is 33.2 Å². The molecule has 0 bridgehead atoms. The van der Waals surface area contributed by atoms with Crippen LogP contribution in [0.3, 0.4) is 0 Å². The molecule has 1 aliphatic heterocycles. The fourth-order valence-corrected chi connectivity index (χ4v) is 2.79. The zero-order valence-corrected chi connectivity index (χ0v) is 12.8. The highest BCUT2D eigenvalue weighted by Crippen LogP contribution is 2.24. The second-order valence-electron chi connectivity index (χ2n) is 5.71. The van der Waals surface area contributed by atoms with Gasteiger partial charge in [-0.2, -0.15) is 0 Å². The van der Waals surface area contributed by atoms with E-state index in [4.69, 9.17) is 11.1 Å². The van der Waals surface area contributed by atoms with Crippen LogP contribution in [0.1, 0.15) is 31.4 Å². The predicted molar refractivity (Wildman–Crippen MR) is 85.7 cm³/mol. The van der Waals surface area contributed by atoms with Gasteiger partial charge in [-0.15, -0.1) is 0 Å². The third kappa shape index (κ3) is 3.12. The van der Waals surface area contributed by atoms with Crippen LogP contribution in [0.5, 0.6) is 0 Å². The fourth-order valence-electron chi connectivity index (χ4n) is 2.79. The van der Waals surface area contributed by atoms with E-state index in [0.29, 0.717) is 6.04 Å². The molecule has 2 rings (SSSR count). The molecule has 4 heteroatoms. The number of nitrogens with one attached hydrogen (secondary N) is 1. The summed E-state index contributed by atoms with van der Waals surface area (Å²) in [7, 11) is 0. The van der Waals surface area contributed by atoms with Gasteiger partial charge in [-0.3, -0.25) is 10.3 Å². The number of nitrogens with zero attached hydrogens (tertiary/aromatic N) is 2. The molecule has 110 valence electrons. The molecule has 0 amide bonds. The zero-order chi connectivity index (χ0) is 14.7. The highest BCUT2D eigenvalue weighted by atomic mass is 15.3. The minimum Gasteiger partial charge on any atom is -0.384 e. The Balaban J connectivity index is 2.14. The van der Waals surface area contributed by atoms with Crippen molar-refractivity contribution in [2.24, 2.45) is 5.73 Å². The largest absolute Gasteiger partial charge is 0.384 e. The van der Waals surface area contributed by atoms with Crippen molar-refractivity contribution < 1.29 is 0 Å². The lowest BCUT2D eigenvalue weighted by Crippen LogP contribution is -2.49. The lowest BCUT2D eigenvalue weighted by atomic mass is 10.1. The number of aryl methyl sites for hydroxylation is 1. The standard InChI is InChI=1S/C16H26N4/c1-4-13(3)19-7-9-20(10-8-19)15-11-12(2)5-6-14(15)16(17)18/h5-6,11,13H,4,7-10H2,1-3H3,(H3,17,18). The van der Waals surface area contributed by atoms with Gasteiger partial charge in [-0.1, -0.05) is 13.0 Å². The Morgan fingerprint density at radius 3 is 2.50 bits per heavy atom. The van der Waals surface area contributed by atoms with E-state index < -0.39 is 0 Å². The van der Waals surface area contributed by atoms with Crippen molar-refractivity contribution in [3.05, 3.63) is 29.3 Å². The Labute approximate surface area is 122 Å². The minimum absolute atomic E-state index is 0.157. The van der Waals surface area contributed by atoms with Crippen LogP contribution in [-0.2, 0) is 0 Å². The summed E-state index contributed by atoms with van der Waals surface area (Å²) < 4.78 is 0. The number of rotatable bonds is 4. The molecule has 0 spiro atoms. The molecule has 20 heavy (non-hydrogen) atoms. The highest BCUT2D eigenvalue weighted by molar-refractivity contribution is 6.00. The summed E-state index contributed by atoms with van der Waals surface area (Å²) in [6.45, 7) is 10.8. The van der Waals surface area contributed by atoms with Crippen LogP contribution in [0.15, 0.2) is 18.2 Å². The van der Waals surface area contributed by atoms with Crippen LogP contribution in [0.2, 0.25) is 0 Å². The van der Waals surface area contributed by atoms with Gasteiger partial charge in [0, 0.05) is 43.5 Å². The summed E-state index contributed by atoms with van der Waals surface area (Å²) in [4.78, 5) is 4.91. The summed E-state index contributed by atoms with van der Waals surface area (Å²) in [6.07, 6.45) is 1.20. The highest BCUT2D eigenvalue weighted by Gasteiger charge is 2.22. The summed E-state index contributed by atoms with van der Waals surface area (Å²) in [5, 5.41) is 7.74. The molecular weight excluding hydrogens is 248 g/mol. The zero-order valence-electron chi connectivity index (χ0n) is 12.8. The van der Waals surface area contributed by atoms with Gasteiger partial charge in [-0.05, 0) is 38.0 Å². The average Bonchev–Trinajstić information content (AvgIpc) is 2.46. The van der Waals surface area contributed by atoms with Gasteiger partial charge < -0.3 is 10.6 Å². The molecule has 1 aromatic rings. The molecule has 0 aromatic heterocycles. The second-order valence-corrected chi connectivity index (χ2v) is 5.71. The third-order valence-corrected chi connectivity index (χ3v) is 4.31. The summed E-state index contributed by atoms with van der Waals surface area (Å²) >= 11 is 0. The summed E-state index contributed by atoms with van der Waals surface area (Å²) in [6, 6.07) is 6.79. The third-order valence-electron chi connectivity index (χ3n) is 4.31. The molecule has 1 saturated heterocycles. The maximum Gasteiger partial charge on any atom is 0.124 e. The number of anilines is 1. The van der Waals surface area contributed by atoms with E-state index in [9.17, 15) is 0 Å². The molecule has 4 nitrogen and oxygen atoms in total. The van der Waals surface area contributed by atoms with Crippen LogP contribution in [0.4, 0.5) is 5.69 Å². The van der Waals surface area contributed by atoms with Gasteiger partial charge in [0.1, 0.15) is 5.84 Å². The molecule has 0 aliphatic carbocycles. The average molecular weight is 274 g/mol. The van der Waals surface area contributed by atoms with Gasteiger partial charge >= 0.3 is 0 Å². The lowest BCUT2D eigenvalue weighted by Gasteiger charge is -2.39. The van der Waals surface area contributed by atoms with Crippen molar-refractivity contribution in [1.82, 2.24) is 4.90 Å². The first-order valence-electron chi connectivity index (χ1n) is 7.47. The predicted octanol–water partition coefficient (Wildman–Crippen LogP) is 2.20. The van der Waals surface area contributed by atoms with Crippen LogP contribution in [-0.4, -0.2) is 43.0 Å². The van der Waals surface area contributed by atoms with Crippen LogP contribution in [0.25, 0.3) is 0 Å². The molecule has 0 saturated carbocycles. The second kappa shape index (κ2) is 6.27. The first-order valence-corrected chi connectivity index (χ1v) is 7.47. The van der Waals surface area contributed by atoms with E-state index in [-0.39, 0.29) is 5.84 Å². The van der Waals surface area contributed by atoms with Crippen LogP contribution < -0.4 is 10.6 Å². The number of hydrogen-bond donors (Lipinski definition) is 2. The number of nitrogen functional groups attached to an aromatic ring is 1. The van der Waals surface area contributed by atoms with Gasteiger partial charge in [0.05, 0.1) is 0 Å². The smallest absolute Gasteiger partial charge is 0.124 e. The first-order chi connectivity index (χ1) is 9.52. The van der Waals surface area contributed by atoms with Gasteiger partial charge in [0.15, 0.2) is 0 Å². The Kier molecular flexibility index (Phi) is 4.65. The van der Waals surface area contributed by atoms with Crippen molar-refractivity contribution in [1.29, 1.82) is 5.41 Å². The molecule has 1 aromatic carbocycles. The normalized spacial score (nSPS) is 18.1. The van der Waals surface area contributed by atoms with E-state index >= 15 is 0 Å². The SMILES string of the molecule is CCC(C)N1CCN(c2cc(C)ccc2C(=N)N)CC1. The van der Waals surface area contributed by atoms with E-state index in [1.54, 1.807) is 0 Å². The number of hydrogen-bond acceptors (Lipinski definition) is 3. The maximum absolute atomic E-state index is 7.74. The summed E-state index contributed by atoms with van der Waals surface area (Å²) in [5.74, 6) is 0.157. The van der Waals surface area contributed by atoms with E-state index in [0.717, 1.165) is 37.4 Å². The molecule has 1 heterocycles. The number of piperazine rings is 1. The van der Waals surface area contributed by atoms with Crippen molar-refractivity contribution in [3.63, 3.8) is 0 Å². The van der Waals surface area contributed by atoms with E-state index in [2.05, 4.69) is 36.6 Å². The number of amidine groups is 1. The number of benzene rings is 1. The Morgan fingerprint density at radius 2 is 1.95 bits per heavy atom. The molecule has 1 atom stereocenters. The van der Waals surface area contributed by atoms with Gasteiger partial charge in [0.2, 0.25) is 0 Å². The number of nitrogens with two attached hydrogens (primary N) is 1. The molecule has 3 N–H and O–H groups in total. The Bertz CT molecular complexity index is 475. The van der Waals surface area contributed by atoms with Crippen molar-refractivity contribution >= 4 is 11.5 Å². The molecule has 0 radical (unpaired) electrons. The Morgan fingerprint density at radius 1 is 1.30 bits per heavy atom. The monoisotopic (exact) mass is 274 g/mol. The molecule has 1 aliphatic rings. The Hall–Kier alpha value is -1.55. The van der Waals surface area contributed by atoms with Crippen molar-refractivity contribution in [2.75, 3.05) is 31.1 Å².